The highest BCUT2D eigenvalue weighted by molar-refractivity contribution is 5.97. The fraction of sp³-hybridized carbons (Fsp3) is 0.364. The van der Waals surface area contributed by atoms with Crippen molar-refractivity contribution in [3.63, 3.8) is 0 Å². The summed E-state index contributed by atoms with van der Waals surface area (Å²) >= 11 is 0. The fourth-order valence-corrected chi connectivity index (χ4v) is 3.83. The summed E-state index contributed by atoms with van der Waals surface area (Å²) in [5, 5.41) is 25.0. The molecule has 0 amide bonds. The summed E-state index contributed by atoms with van der Waals surface area (Å²) in [5.41, 5.74) is -0.224. The van der Waals surface area contributed by atoms with Gasteiger partial charge in [-0.15, -0.1) is 0 Å². The molecule has 2 aliphatic rings. The van der Waals surface area contributed by atoms with Gasteiger partial charge in [0.15, 0.2) is 11.6 Å². The molecule has 182 valence electrons. The minimum atomic E-state index is -1.32. The minimum Gasteiger partial charge on any atom is -0.487 e. The normalized spacial score (nSPS) is 17.7. The van der Waals surface area contributed by atoms with E-state index in [1.807, 2.05) is 18.9 Å². The van der Waals surface area contributed by atoms with Crippen molar-refractivity contribution in [1.29, 1.82) is 0 Å². The Morgan fingerprint density at radius 2 is 1.68 bits per heavy atom. The van der Waals surface area contributed by atoms with E-state index in [2.05, 4.69) is 4.90 Å². The molecule has 0 aliphatic carbocycles. The van der Waals surface area contributed by atoms with Crippen LogP contribution in [0, 0.1) is 5.82 Å². The molecule has 0 saturated carbocycles. The van der Waals surface area contributed by atoms with Gasteiger partial charge >= 0.3 is 17.9 Å². The smallest absolute Gasteiger partial charge is 0.341 e. The molecule has 2 aliphatic heterocycles. The summed E-state index contributed by atoms with van der Waals surface area (Å²) in [6.07, 6.45) is 2.46. The number of piperazine rings is 1. The number of carbonyl (C=O) groups is 3. The third kappa shape index (κ3) is 5.01. The molecule has 3 heterocycles. The third-order valence-electron chi connectivity index (χ3n) is 5.56. The Labute approximate surface area is 192 Å². The van der Waals surface area contributed by atoms with Crippen LogP contribution in [-0.2, 0) is 9.59 Å². The Kier molecular flexibility index (Phi) is 7.20. The molecule has 2 aromatic rings. The van der Waals surface area contributed by atoms with E-state index in [1.165, 1.54) is 6.20 Å². The SMILES string of the molecule is CC1COc2c(N3CCN(C)CC3)c(F)cc3c(=O)c(C(=O)O)cn1c23.O=C(O)/C=C\C(=O)O. The van der Waals surface area contributed by atoms with Gasteiger partial charge in [-0.25, -0.2) is 18.8 Å². The zero-order valence-corrected chi connectivity index (χ0v) is 18.5. The Balaban J connectivity index is 0.000000350. The summed E-state index contributed by atoms with van der Waals surface area (Å²) < 4.78 is 22.6. The number of rotatable bonds is 4. The zero-order chi connectivity index (χ0) is 25.2. The van der Waals surface area contributed by atoms with Gasteiger partial charge in [-0.05, 0) is 20.0 Å². The summed E-state index contributed by atoms with van der Waals surface area (Å²) in [6.45, 7) is 5.08. The van der Waals surface area contributed by atoms with Crippen LogP contribution in [-0.4, -0.2) is 82.5 Å². The minimum absolute atomic E-state index is 0.0434. The number of ether oxygens (including phenoxy) is 1. The second kappa shape index (κ2) is 9.91. The number of halogens is 1. The Hall–Kier alpha value is -3.93. The molecule has 0 radical (unpaired) electrons. The largest absolute Gasteiger partial charge is 0.487 e. The Morgan fingerprint density at radius 3 is 2.21 bits per heavy atom. The summed E-state index contributed by atoms with van der Waals surface area (Å²) in [5.74, 6) is -4.06. The van der Waals surface area contributed by atoms with Crippen LogP contribution in [0.2, 0.25) is 0 Å². The van der Waals surface area contributed by atoms with Crippen molar-refractivity contribution in [2.75, 3.05) is 44.7 Å². The summed E-state index contributed by atoms with van der Waals surface area (Å²) in [6, 6.07) is 0.994. The number of hydrogen-bond acceptors (Lipinski definition) is 7. The average Bonchev–Trinajstić information content (AvgIpc) is 2.77. The van der Waals surface area contributed by atoms with Crippen LogP contribution in [0.25, 0.3) is 10.9 Å². The van der Waals surface area contributed by atoms with Gasteiger partial charge in [0.2, 0.25) is 5.43 Å². The molecule has 1 unspecified atom stereocenters. The van der Waals surface area contributed by atoms with Gasteiger partial charge in [-0.2, -0.15) is 0 Å². The van der Waals surface area contributed by atoms with E-state index in [9.17, 15) is 28.7 Å². The quantitative estimate of drug-likeness (QED) is 0.549. The topological polar surface area (TPSA) is 150 Å². The molecule has 11 nitrogen and oxygen atoms in total. The number of likely N-dealkylation sites (N-methyl/N-ethyl adjacent to an activating group) is 1. The van der Waals surface area contributed by atoms with E-state index in [4.69, 9.17) is 14.9 Å². The molecule has 4 rings (SSSR count). The first-order chi connectivity index (χ1) is 16.0. The zero-order valence-electron chi connectivity index (χ0n) is 18.5. The lowest BCUT2D eigenvalue weighted by Crippen LogP contribution is -2.45. The number of hydrogen-bond donors (Lipinski definition) is 3. The van der Waals surface area contributed by atoms with Crippen LogP contribution in [0.1, 0.15) is 23.3 Å². The number of aliphatic carboxylic acids is 2. The predicted molar refractivity (Wildman–Crippen MR) is 119 cm³/mol. The van der Waals surface area contributed by atoms with E-state index in [0.717, 1.165) is 19.2 Å². The Morgan fingerprint density at radius 1 is 1.09 bits per heavy atom. The number of carboxylic acids is 3. The van der Waals surface area contributed by atoms with Gasteiger partial charge in [0.05, 0.1) is 16.9 Å². The van der Waals surface area contributed by atoms with Crippen LogP contribution in [0.3, 0.4) is 0 Å². The highest BCUT2D eigenvalue weighted by Gasteiger charge is 2.30. The second-order valence-corrected chi connectivity index (χ2v) is 7.98. The lowest BCUT2D eigenvalue weighted by Gasteiger charge is -2.37. The molecule has 1 saturated heterocycles. The molecular formula is C22H24FN3O8. The van der Waals surface area contributed by atoms with Gasteiger partial charge in [0.25, 0.3) is 0 Å². The molecular weight excluding hydrogens is 453 g/mol. The first-order valence-corrected chi connectivity index (χ1v) is 10.4. The van der Waals surface area contributed by atoms with Crippen molar-refractivity contribution in [2.24, 2.45) is 0 Å². The van der Waals surface area contributed by atoms with Crippen molar-refractivity contribution in [1.82, 2.24) is 9.47 Å². The van der Waals surface area contributed by atoms with Gasteiger partial charge in [0.1, 0.15) is 17.9 Å². The van der Waals surface area contributed by atoms with E-state index >= 15 is 0 Å². The standard InChI is InChI=1S/C18H20FN3O4.C4H4O4/c1-10-9-26-17-14-11(16(23)12(18(24)25)8-22(10)14)7-13(19)15(17)21-5-3-20(2)4-6-21;5-3(6)1-2-4(7)8/h7-8,10H,3-6,9H2,1-2H3,(H,24,25);1-2H,(H,5,6)(H,7,8)/b;2-1-. The van der Waals surface area contributed by atoms with Crippen molar-refractivity contribution in [3.8, 4) is 5.75 Å². The number of aromatic carboxylic acids is 1. The fourth-order valence-electron chi connectivity index (χ4n) is 3.83. The molecule has 1 atom stereocenters. The molecule has 12 heteroatoms. The lowest BCUT2D eigenvalue weighted by atomic mass is 10.1. The van der Waals surface area contributed by atoms with E-state index in [1.54, 1.807) is 4.57 Å². The van der Waals surface area contributed by atoms with Gasteiger partial charge < -0.3 is 34.4 Å². The molecule has 1 aromatic heterocycles. The van der Waals surface area contributed by atoms with Gasteiger partial charge in [0, 0.05) is 44.5 Å². The van der Waals surface area contributed by atoms with E-state index < -0.39 is 29.2 Å². The van der Waals surface area contributed by atoms with Crippen molar-refractivity contribution >= 4 is 34.5 Å². The number of nitrogens with zero attached hydrogens (tertiary/aromatic N) is 3. The monoisotopic (exact) mass is 477 g/mol. The third-order valence-corrected chi connectivity index (χ3v) is 5.56. The average molecular weight is 477 g/mol. The number of aromatic nitrogens is 1. The van der Waals surface area contributed by atoms with E-state index in [-0.39, 0.29) is 23.6 Å². The molecule has 3 N–H and O–H groups in total. The predicted octanol–water partition coefficient (Wildman–Crippen LogP) is 1.26. The molecule has 0 spiro atoms. The Bertz CT molecular complexity index is 1220. The highest BCUT2D eigenvalue weighted by atomic mass is 19.1. The highest BCUT2D eigenvalue weighted by Crippen LogP contribution is 2.42. The number of benzene rings is 1. The molecule has 1 aromatic carbocycles. The van der Waals surface area contributed by atoms with Crippen LogP contribution < -0.4 is 15.1 Å². The summed E-state index contributed by atoms with van der Waals surface area (Å²) in [7, 11) is 2.02. The number of anilines is 1. The van der Waals surface area contributed by atoms with Crippen LogP contribution >= 0.6 is 0 Å². The molecule has 0 bridgehead atoms. The van der Waals surface area contributed by atoms with Gasteiger partial charge in [-0.1, -0.05) is 0 Å². The van der Waals surface area contributed by atoms with Crippen molar-refractivity contribution in [3.05, 3.63) is 46.0 Å². The first kappa shape index (κ1) is 24.7. The van der Waals surface area contributed by atoms with Crippen LogP contribution in [0.15, 0.2) is 29.2 Å². The van der Waals surface area contributed by atoms with Crippen LogP contribution in [0.4, 0.5) is 10.1 Å². The lowest BCUT2D eigenvalue weighted by molar-refractivity contribution is -0.134. The number of carboxylic acid groups (broad SMARTS) is 3. The van der Waals surface area contributed by atoms with Gasteiger partial charge in [-0.3, -0.25) is 4.79 Å². The second-order valence-electron chi connectivity index (χ2n) is 7.98. The maximum Gasteiger partial charge on any atom is 0.341 e. The molecule has 34 heavy (non-hydrogen) atoms. The van der Waals surface area contributed by atoms with Crippen LogP contribution in [0.5, 0.6) is 5.75 Å². The maximum absolute atomic E-state index is 15.0. The summed E-state index contributed by atoms with van der Waals surface area (Å²) in [4.78, 5) is 47.2. The maximum atomic E-state index is 15.0. The van der Waals surface area contributed by atoms with E-state index in [0.29, 0.717) is 42.2 Å². The van der Waals surface area contributed by atoms with Crippen molar-refractivity contribution < 1.29 is 38.8 Å². The van der Waals surface area contributed by atoms with Crippen molar-refractivity contribution in [2.45, 2.75) is 13.0 Å². The molecule has 1 fully saturated rings. The number of pyridine rings is 1. The first-order valence-electron chi connectivity index (χ1n) is 10.4.